The number of likely N-dealkylation sites (N-methyl/N-ethyl adjacent to an activating group) is 1. The molecule has 0 saturated carbocycles. The molecule has 0 amide bonds. The van der Waals surface area contributed by atoms with Crippen LogP contribution in [-0.2, 0) is 20.5 Å². The molecule has 1 aliphatic heterocycles. The summed E-state index contributed by atoms with van der Waals surface area (Å²) in [4.78, 5) is 11.5. The lowest BCUT2D eigenvalue weighted by molar-refractivity contribution is 0.0600. The van der Waals surface area contributed by atoms with Crippen LogP contribution >= 0.6 is 0 Å². The predicted octanol–water partition coefficient (Wildman–Crippen LogP) is 0.987. The fourth-order valence-corrected chi connectivity index (χ4v) is 4.62. The van der Waals surface area contributed by atoms with Crippen molar-refractivity contribution in [2.24, 2.45) is 0 Å². The van der Waals surface area contributed by atoms with E-state index in [0.29, 0.717) is 24.2 Å². The normalized spacial score (nSPS) is 19.3. The van der Waals surface area contributed by atoms with E-state index in [1.807, 2.05) is 7.05 Å². The van der Waals surface area contributed by atoms with E-state index in [-0.39, 0.29) is 11.8 Å². The highest BCUT2D eigenvalue weighted by Crippen LogP contribution is 2.23. The highest BCUT2D eigenvalue weighted by Gasteiger charge is 2.33. The van der Waals surface area contributed by atoms with Gasteiger partial charge in [-0.2, -0.15) is 4.31 Å². The number of ether oxygens (including phenoxy) is 1. The number of nitrogens with one attached hydrogen (secondary N) is 1. The van der Waals surface area contributed by atoms with E-state index < -0.39 is 16.0 Å². The van der Waals surface area contributed by atoms with Crippen molar-refractivity contribution in [3.63, 3.8) is 0 Å². The van der Waals surface area contributed by atoms with Crippen LogP contribution < -0.4 is 5.32 Å². The first kappa shape index (κ1) is 16.9. The van der Waals surface area contributed by atoms with Gasteiger partial charge in [0.1, 0.15) is 0 Å². The van der Waals surface area contributed by atoms with Crippen LogP contribution in [0, 0.1) is 0 Å². The third kappa shape index (κ3) is 3.85. The number of carbonyl (C=O) groups excluding carboxylic acids is 1. The van der Waals surface area contributed by atoms with E-state index in [2.05, 4.69) is 10.1 Å². The van der Waals surface area contributed by atoms with Gasteiger partial charge in [-0.15, -0.1) is 0 Å². The SMILES string of the molecule is CNCC1CCCN1S(=O)(=O)Cc1cccc(C(=O)OC)c1. The Bertz CT molecular complexity index is 630. The molecule has 1 fully saturated rings. The molecule has 1 saturated heterocycles. The monoisotopic (exact) mass is 326 g/mol. The minimum atomic E-state index is -3.39. The number of carbonyl (C=O) groups is 1. The van der Waals surface area contributed by atoms with Gasteiger partial charge in [0.05, 0.1) is 18.4 Å². The number of benzene rings is 1. The minimum absolute atomic E-state index is 0.0128. The Hall–Kier alpha value is -1.44. The smallest absolute Gasteiger partial charge is 0.337 e. The van der Waals surface area contributed by atoms with Gasteiger partial charge in [-0.25, -0.2) is 13.2 Å². The predicted molar refractivity (Wildman–Crippen MR) is 84.1 cm³/mol. The summed E-state index contributed by atoms with van der Waals surface area (Å²) >= 11 is 0. The van der Waals surface area contributed by atoms with Crippen molar-refractivity contribution in [1.29, 1.82) is 0 Å². The van der Waals surface area contributed by atoms with Gasteiger partial charge in [-0.05, 0) is 37.6 Å². The Kier molecular flexibility index (Phi) is 5.55. The molecule has 1 aliphatic rings. The molecule has 0 aromatic heterocycles. The Morgan fingerprint density at radius 1 is 1.45 bits per heavy atom. The fraction of sp³-hybridized carbons (Fsp3) is 0.533. The molecule has 7 heteroatoms. The Morgan fingerprint density at radius 3 is 2.91 bits per heavy atom. The van der Waals surface area contributed by atoms with Crippen LogP contribution in [0.25, 0.3) is 0 Å². The van der Waals surface area contributed by atoms with Gasteiger partial charge in [0, 0.05) is 19.1 Å². The summed E-state index contributed by atoms with van der Waals surface area (Å²) in [6.45, 7) is 1.22. The van der Waals surface area contributed by atoms with Crippen molar-refractivity contribution in [2.45, 2.75) is 24.6 Å². The van der Waals surface area contributed by atoms with Crippen molar-refractivity contribution in [1.82, 2.24) is 9.62 Å². The molecule has 0 radical (unpaired) electrons. The van der Waals surface area contributed by atoms with Crippen molar-refractivity contribution in [2.75, 3.05) is 27.2 Å². The van der Waals surface area contributed by atoms with Gasteiger partial charge in [0.2, 0.25) is 10.0 Å². The highest BCUT2D eigenvalue weighted by molar-refractivity contribution is 7.88. The first-order chi connectivity index (χ1) is 10.5. The van der Waals surface area contributed by atoms with Crippen LogP contribution in [0.1, 0.15) is 28.8 Å². The largest absolute Gasteiger partial charge is 0.465 e. The van der Waals surface area contributed by atoms with E-state index in [9.17, 15) is 13.2 Å². The summed E-state index contributed by atoms with van der Waals surface area (Å²) in [5.74, 6) is -0.564. The summed E-state index contributed by atoms with van der Waals surface area (Å²) in [5, 5.41) is 3.04. The third-order valence-electron chi connectivity index (χ3n) is 3.82. The summed E-state index contributed by atoms with van der Waals surface area (Å²) in [7, 11) is -0.266. The lowest BCUT2D eigenvalue weighted by Gasteiger charge is -2.24. The van der Waals surface area contributed by atoms with Gasteiger partial charge < -0.3 is 10.1 Å². The van der Waals surface area contributed by atoms with Crippen LogP contribution in [0.2, 0.25) is 0 Å². The molecule has 6 nitrogen and oxygen atoms in total. The summed E-state index contributed by atoms with van der Waals surface area (Å²) in [6.07, 6.45) is 1.76. The molecule has 22 heavy (non-hydrogen) atoms. The standard InChI is InChI=1S/C15H22N2O4S/c1-16-10-14-7-4-8-17(14)22(19,20)11-12-5-3-6-13(9-12)15(18)21-2/h3,5-6,9,14,16H,4,7-8,10-11H2,1-2H3. The first-order valence-corrected chi connectivity index (χ1v) is 8.90. The lowest BCUT2D eigenvalue weighted by Crippen LogP contribution is -2.41. The van der Waals surface area contributed by atoms with Crippen LogP contribution in [0.3, 0.4) is 0 Å². The number of nitrogens with zero attached hydrogens (tertiary/aromatic N) is 1. The molecule has 2 rings (SSSR count). The van der Waals surface area contributed by atoms with Gasteiger partial charge in [0.25, 0.3) is 0 Å². The van der Waals surface area contributed by atoms with Gasteiger partial charge in [-0.3, -0.25) is 0 Å². The summed E-state index contributed by atoms with van der Waals surface area (Å²) in [5.41, 5.74) is 0.960. The molecule has 1 atom stereocenters. The average molecular weight is 326 g/mol. The number of esters is 1. The quantitative estimate of drug-likeness (QED) is 0.789. The number of sulfonamides is 1. The molecular formula is C15H22N2O4S. The maximum atomic E-state index is 12.6. The number of methoxy groups -OCH3 is 1. The molecule has 0 spiro atoms. The zero-order chi connectivity index (χ0) is 16.2. The van der Waals surface area contributed by atoms with Crippen LogP contribution in [0.4, 0.5) is 0 Å². The first-order valence-electron chi connectivity index (χ1n) is 7.29. The molecule has 122 valence electrons. The molecule has 1 aromatic carbocycles. The summed E-state index contributed by atoms with van der Waals surface area (Å²) in [6, 6.07) is 6.59. The van der Waals surface area contributed by atoms with Gasteiger partial charge in [-0.1, -0.05) is 12.1 Å². The number of rotatable bonds is 6. The third-order valence-corrected chi connectivity index (χ3v) is 5.71. The lowest BCUT2D eigenvalue weighted by atomic mass is 10.1. The number of hydrogen-bond acceptors (Lipinski definition) is 5. The van der Waals surface area contributed by atoms with E-state index >= 15 is 0 Å². The zero-order valence-electron chi connectivity index (χ0n) is 12.9. The van der Waals surface area contributed by atoms with Crippen molar-refractivity contribution >= 4 is 16.0 Å². The van der Waals surface area contributed by atoms with E-state index in [0.717, 1.165) is 12.8 Å². The van der Waals surface area contributed by atoms with Crippen LogP contribution in [0.15, 0.2) is 24.3 Å². The molecule has 0 aliphatic carbocycles. The maximum Gasteiger partial charge on any atom is 0.337 e. The Labute approximate surface area is 131 Å². The fourth-order valence-electron chi connectivity index (χ4n) is 2.81. The van der Waals surface area contributed by atoms with E-state index in [4.69, 9.17) is 0 Å². The van der Waals surface area contributed by atoms with Crippen LogP contribution in [-0.4, -0.2) is 52.0 Å². The second kappa shape index (κ2) is 7.21. The summed E-state index contributed by atoms with van der Waals surface area (Å²) < 4.78 is 31.5. The van der Waals surface area contributed by atoms with Gasteiger partial charge in [0.15, 0.2) is 0 Å². The second-order valence-electron chi connectivity index (χ2n) is 5.41. The van der Waals surface area contributed by atoms with E-state index in [1.54, 1.807) is 28.6 Å². The van der Waals surface area contributed by atoms with Crippen molar-refractivity contribution in [3.05, 3.63) is 35.4 Å². The topological polar surface area (TPSA) is 75.7 Å². The van der Waals surface area contributed by atoms with Crippen LogP contribution in [0.5, 0.6) is 0 Å². The number of hydrogen-bond donors (Lipinski definition) is 1. The minimum Gasteiger partial charge on any atom is -0.465 e. The molecule has 1 N–H and O–H groups in total. The van der Waals surface area contributed by atoms with Crippen molar-refractivity contribution in [3.8, 4) is 0 Å². The van der Waals surface area contributed by atoms with Gasteiger partial charge >= 0.3 is 5.97 Å². The zero-order valence-corrected chi connectivity index (χ0v) is 13.7. The molecule has 1 aromatic rings. The second-order valence-corrected chi connectivity index (χ2v) is 7.33. The molecule has 0 bridgehead atoms. The average Bonchev–Trinajstić information content (AvgIpc) is 2.96. The molecular weight excluding hydrogens is 304 g/mol. The van der Waals surface area contributed by atoms with E-state index in [1.165, 1.54) is 7.11 Å². The highest BCUT2D eigenvalue weighted by atomic mass is 32.2. The maximum absolute atomic E-state index is 12.6. The Balaban J connectivity index is 2.16. The molecule has 1 unspecified atom stereocenters. The Morgan fingerprint density at radius 2 is 2.23 bits per heavy atom. The van der Waals surface area contributed by atoms with Crippen molar-refractivity contribution < 1.29 is 17.9 Å². The molecule has 1 heterocycles.